The fourth-order valence-electron chi connectivity index (χ4n) is 3.45. The van der Waals surface area contributed by atoms with Crippen LogP contribution in [0.15, 0.2) is 24.4 Å². The summed E-state index contributed by atoms with van der Waals surface area (Å²) < 4.78 is 0. The number of nitrogens with zero attached hydrogens (tertiary/aromatic N) is 3. The monoisotopic (exact) mass is 344 g/mol. The fraction of sp³-hybridized carbons (Fsp3) is 0.700. The summed E-state index contributed by atoms with van der Waals surface area (Å²) in [6.45, 7) is 8.30. The van der Waals surface area contributed by atoms with Gasteiger partial charge in [-0.05, 0) is 50.2 Å². The summed E-state index contributed by atoms with van der Waals surface area (Å²) >= 11 is 0. The SMILES string of the molecule is CC(C)CCN(C(=O)NC1CCN(Cc2ccccn2)CC1)C1CC1. The number of amides is 2. The quantitative estimate of drug-likeness (QED) is 0.826. The number of rotatable bonds is 7. The maximum absolute atomic E-state index is 12.7. The third-order valence-corrected chi connectivity index (χ3v) is 5.22. The van der Waals surface area contributed by atoms with Gasteiger partial charge in [-0.3, -0.25) is 9.88 Å². The van der Waals surface area contributed by atoms with Crippen molar-refractivity contribution in [1.29, 1.82) is 0 Å². The molecule has 1 saturated carbocycles. The molecule has 1 aromatic heterocycles. The van der Waals surface area contributed by atoms with E-state index in [1.165, 1.54) is 12.8 Å². The highest BCUT2D eigenvalue weighted by Gasteiger charge is 2.33. The molecular weight excluding hydrogens is 312 g/mol. The van der Waals surface area contributed by atoms with Crippen molar-refractivity contribution in [2.75, 3.05) is 19.6 Å². The Bertz CT molecular complexity index is 536. The molecule has 1 N–H and O–H groups in total. The van der Waals surface area contributed by atoms with Crippen molar-refractivity contribution in [2.45, 2.75) is 64.6 Å². The van der Waals surface area contributed by atoms with Crippen LogP contribution in [0.25, 0.3) is 0 Å². The first-order valence-electron chi connectivity index (χ1n) is 9.81. The molecule has 2 heterocycles. The Labute approximate surface area is 151 Å². The molecule has 0 radical (unpaired) electrons. The van der Waals surface area contributed by atoms with E-state index in [0.717, 1.165) is 51.1 Å². The molecule has 1 saturated heterocycles. The number of likely N-dealkylation sites (tertiary alicyclic amines) is 1. The third-order valence-electron chi connectivity index (χ3n) is 5.22. The Morgan fingerprint density at radius 3 is 2.64 bits per heavy atom. The Morgan fingerprint density at radius 2 is 2.04 bits per heavy atom. The largest absolute Gasteiger partial charge is 0.335 e. The highest BCUT2D eigenvalue weighted by Crippen LogP contribution is 2.27. The van der Waals surface area contributed by atoms with Gasteiger partial charge >= 0.3 is 6.03 Å². The van der Waals surface area contributed by atoms with E-state index in [1.54, 1.807) is 0 Å². The predicted molar refractivity (Wildman–Crippen MR) is 100 cm³/mol. The molecule has 1 aromatic rings. The van der Waals surface area contributed by atoms with Crippen LogP contribution in [0.5, 0.6) is 0 Å². The van der Waals surface area contributed by atoms with Gasteiger partial charge in [-0.25, -0.2) is 4.79 Å². The van der Waals surface area contributed by atoms with Gasteiger partial charge in [0.2, 0.25) is 0 Å². The van der Waals surface area contributed by atoms with Crippen LogP contribution in [-0.4, -0.2) is 52.5 Å². The van der Waals surface area contributed by atoms with Gasteiger partial charge in [-0.1, -0.05) is 19.9 Å². The van der Waals surface area contributed by atoms with Crippen molar-refractivity contribution >= 4 is 6.03 Å². The highest BCUT2D eigenvalue weighted by atomic mass is 16.2. The molecule has 138 valence electrons. The number of carbonyl (C=O) groups is 1. The smallest absolute Gasteiger partial charge is 0.317 e. The first-order valence-corrected chi connectivity index (χ1v) is 9.81. The number of carbonyl (C=O) groups excluding carboxylic acids is 1. The summed E-state index contributed by atoms with van der Waals surface area (Å²) in [5.74, 6) is 0.642. The molecule has 1 aliphatic carbocycles. The van der Waals surface area contributed by atoms with Gasteiger partial charge in [0.05, 0.1) is 5.69 Å². The minimum absolute atomic E-state index is 0.159. The van der Waals surface area contributed by atoms with E-state index in [2.05, 4.69) is 40.0 Å². The van der Waals surface area contributed by atoms with Crippen molar-refractivity contribution in [3.8, 4) is 0 Å². The van der Waals surface area contributed by atoms with Crippen LogP contribution in [-0.2, 0) is 6.54 Å². The minimum Gasteiger partial charge on any atom is -0.335 e. The number of pyridine rings is 1. The molecule has 2 aliphatic rings. The van der Waals surface area contributed by atoms with Crippen LogP contribution in [0.4, 0.5) is 4.79 Å². The summed E-state index contributed by atoms with van der Waals surface area (Å²) in [5.41, 5.74) is 1.12. The zero-order valence-electron chi connectivity index (χ0n) is 15.7. The van der Waals surface area contributed by atoms with Gasteiger partial charge in [0.15, 0.2) is 0 Å². The van der Waals surface area contributed by atoms with Crippen LogP contribution in [0.3, 0.4) is 0 Å². The van der Waals surface area contributed by atoms with Crippen molar-refractivity contribution in [2.24, 2.45) is 5.92 Å². The number of urea groups is 1. The first-order chi connectivity index (χ1) is 12.1. The Kier molecular flexibility index (Phi) is 6.29. The maximum Gasteiger partial charge on any atom is 0.317 e. The predicted octanol–water partition coefficient (Wildman–Crippen LogP) is 3.27. The van der Waals surface area contributed by atoms with Crippen molar-refractivity contribution in [1.82, 2.24) is 20.1 Å². The van der Waals surface area contributed by atoms with Crippen molar-refractivity contribution < 1.29 is 4.79 Å². The third kappa shape index (κ3) is 5.70. The number of aromatic nitrogens is 1. The van der Waals surface area contributed by atoms with Gasteiger partial charge in [0.25, 0.3) is 0 Å². The highest BCUT2D eigenvalue weighted by molar-refractivity contribution is 5.75. The number of hydrogen-bond donors (Lipinski definition) is 1. The van der Waals surface area contributed by atoms with E-state index in [4.69, 9.17) is 0 Å². The maximum atomic E-state index is 12.7. The molecule has 0 spiro atoms. The van der Waals surface area contributed by atoms with Gasteiger partial charge in [-0.2, -0.15) is 0 Å². The topological polar surface area (TPSA) is 48.5 Å². The Balaban J connectivity index is 1.42. The van der Waals surface area contributed by atoms with Gasteiger partial charge in [0, 0.05) is 44.5 Å². The van der Waals surface area contributed by atoms with Crippen LogP contribution in [0, 0.1) is 5.92 Å². The van der Waals surface area contributed by atoms with Crippen LogP contribution >= 0.6 is 0 Å². The van der Waals surface area contributed by atoms with Crippen molar-refractivity contribution in [3.63, 3.8) is 0 Å². The summed E-state index contributed by atoms with van der Waals surface area (Å²) in [6.07, 6.45) is 7.35. The average molecular weight is 345 g/mol. The average Bonchev–Trinajstić information content (AvgIpc) is 3.42. The van der Waals surface area contributed by atoms with E-state index < -0.39 is 0 Å². The second kappa shape index (κ2) is 8.65. The first kappa shape index (κ1) is 18.2. The minimum atomic E-state index is 0.159. The zero-order chi connectivity index (χ0) is 17.6. The molecule has 5 nitrogen and oxygen atoms in total. The summed E-state index contributed by atoms with van der Waals surface area (Å²) in [4.78, 5) is 21.6. The van der Waals surface area contributed by atoms with E-state index >= 15 is 0 Å². The normalized spacial score (nSPS) is 19.2. The van der Waals surface area contributed by atoms with Gasteiger partial charge < -0.3 is 10.2 Å². The number of piperidine rings is 1. The molecule has 0 unspecified atom stereocenters. The fourth-order valence-corrected chi connectivity index (χ4v) is 3.45. The second-order valence-corrected chi connectivity index (χ2v) is 7.93. The van der Waals surface area contributed by atoms with Gasteiger partial charge in [0.1, 0.15) is 0 Å². The molecule has 5 heteroatoms. The molecular formula is C20H32N4O. The zero-order valence-corrected chi connectivity index (χ0v) is 15.7. The van der Waals surface area contributed by atoms with Gasteiger partial charge in [-0.15, -0.1) is 0 Å². The number of nitrogens with one attached hydrogen (secondary N) is 1. The van der Waals surface area contributed by atoms with E-state index in [9.17, 15) is 4.79 Å². The summed E-state index contributed by atoms with van der Waals surface area (Å²) in [6, 6.07) is 7.03. The van der Waals surface area contributed by atoms with Crippen molar-refractivity contribution in [3.05, 3.63) is 30.1 Å². The molecule has 0 aromatic carbocycles. The van der Waals surface area contributed by atoms with E-state index in [-0.39, 0.29) is 6.03 Å². The van der Waals surface area contributed by atoms with E-state index in [1.807, 2.05) is 18.3 Å². The van der Waals surface area contributed by atoms with Crippen LogP contribution < -0.4 is 5.32 Å². The summed E-state index contributed by atoms with van der Waals surface area (Å²) in [5, 5.41) is 3.29. The lowest BCUT2D eigenvalue weighted by Crippen LogP contribution is -2.50. The van der Waals surface area contributed by atoms with E-state index in [0.29, 0.717) is 18.0 Å². The standard InChI is InChI=1S/C20H32N4O/c1-16(2)8-14-24(19-6-7-19)20(25)22-17-9-12-23(13-10-17)15-18-5-3-4-11-21-18/h3-5,11,16-17,19H,6-10,12-15H2,1-2H3,(H,22,25). The second-order valence-electron chi connectivity index (χ2n) is 7.93. The lowest BCUT2D eigenvalue weighted by Gasteiger charge is -2.33. The molecule has 3 rings (SSSR count). The molecule has 1 aliphatic heterocycles. The molecule has 2 fully saturated rings. The van der Waals surface area contributed by atoms with Crippen LogP contribution in [0.1, 0.15) is 51.6 Å². The lowest BCUT2D eigenvalue weighted by atomic mass is 10.0. The molecule has 2 amide bonds. The number of hydrogen-bond acceptors (Lipinski definition) is 3. The molecule has 25 heavy (non-hydrogen) atoms. The molecule has 0 bridgehead atoms. The summed E-state index contributed by atoms with van der Waals surface area (Å²) in [7, 11) is 0. The lowest BCUT2D eigenvalue weighted by molar-refractivity contribution is 0.164. The van der Waals surface area contributed by atoms with Crippen LogP contribution in [0.2, 0.25) is 0 Å². The Hall–Kier alpha value is -1.62. The molecule has 0 atom stereocenters. The Morgan fingerprint density at radius 1 is 1.28 bits per heavy atom.